The summed E-state index contributed by atoms with van der Waals surface area (Å²) in [6, 6.07) is 20.9. The summed E-state index contributed by atoms with van der Waals surface area (Å²) in [6.07, 6.45) is 0.876. The zero-order valence-electron chi connectivity index (χ0n) is 20.6. The van der Waals surface area contributed by atoms with Crippen LogP contribution < -0.4 is 9.47 Å². The number of phenolic OH excluding ortho intramolecular Hbond substituents is 2. The van der Waals surface area contributed by atoms with Crippen molar-refractivity contribution in [3.05, 3.63) is 83.4 Å². The Balaban J connectivity index is 1.41. The van der Waals surface area contributed by atoms with Crippen LogP contribution in [0, 0.1) is 5.92 Å². The average Bonchev–Trinajstić information content (AvgIpc) is 3.29. The fraction of sp³-hybridized carbons (Fsp3) is 0.333. The van der Waals surface area contributed by atoms with Crippen LogP contribution in [0.4, 0.5) is 0 Å². The lowest BCUT2D eigenvalue weighted by atomic mass is 9.86. The minimum atomic E-state index is -0.384. The van der Waals surface area contributed by atoms with Gasteiger partial charge in [0, 0.05) is 29.8 Å². The quantitative estimate of drug-likeness (QED) is 0.444. The van der Waals surface area contributed by atoms with Gasteiger partial charge >= 0.3 is 0 Å². The first-order valence-corrected chi connectivity index (χ1v) is 12.4. The van der Waals surface area contributed by atoms with E-state index in [1.54, 1.807) is 24.3 Å². The molecule has 0 aliphatic carbocycles. The first kappa shape index (κ1) is 23.3. The molecule has 0 saturated carbocycles. The molecule has 3 unspecified atom stereocenters. The van der Waals surface area contributed by atoms with Gasteiger partial charge < -0.3 is 19.7 Å². The van der Waals surface area contributed by atoms with Crippen LogP contribution in [0.2, 0.25) is 0 Å². The van der Waals surface area contributed by atoms with Crippen molar-refractivity contribution in [3.63, 3.8) is 0 Å². The molecule has 2 aliphatic heterocycles. The van der Waals surface area contributed by atoms with Crippen LogP contribution >= 0.6 is 0 Å². The maximum Gasteiger partial charge on any atom is 0.150 e. The molecule has 1 fully saturated rings. The molecule has 182 valence electrons. The summed E-state index contributed by atoms with van der Waals surface area (Å²) in [5.41, 5.74) is 4.86. The van der Waals surface area contributed by atoms with Gasteiger partial charge in [0.1, 0.15) is 35.7 Å². The van der Waals surface area contributed by atoms with Crippen molar-refractivity contribution in [1.29, 1.82) is 0 Å². The highest BCUT2D eigenvalue weighted by molar-refractivity contribution is 5.95. The Kier molecular flexibility index (Phi) is 6.44. The number of likely N-dealkylation sites (tertiary alicyclic amines) is 1. The third-order valence-corrected chi connectivity index (χ3v) is 7.19. The van der Waals surface area contributed by atoms with Crippen molar-refractivity contribution in [2.24, 2.45) is 5.92 Å². The zero-order chi connectivity index (χ0) is 24.5. The largest absolute Gasteiger partial charge is 0.508 e. The second-order valence-electron chi connectivity index (χ2n) is 9.89. The van der Waals surface area contributed by atoms with Crippen molar-refractivity contribution in [2.75, 3.05) is 19.7 Å². The van der Waals surface area contributed by atoms with E-state index in [1.165, 1.54) is 6.42 Å². The monoisotopic (exact) mass is 471 g/mol. The first-order valence-electron chi connectivity index (χ1n) is 12.4. The molecule has 3 aromatic rings. The van der Waals surface area contributed by atoms with E-state index in [9.17, 15) is 10.2 Å². The standard InChI is InChI=1S/C30H33NO4/c1-19-13-14-31(17-19)20(2)18-34-26-10-7-22(8-11-26)30-29(23-5-4-6-24(32)15-23)21(3)27-12-9-25(33)16-28(27)35-30/h4-12,15-16,19-20,30,32-33H,13-14,17-18H2,1-3H3. The Hall–Kier alpha value is -3.44. The first-order chi connectivity index (χ1) is 16.9. The van der Waals surface area contributed by atoms with Gasteiger partial charge in [0.25, 0.3) is 0 Å². The highest BCUT2D eigenvalue weighted by atomic mass is 16.5. The summed E-state index contributed by atoms with van der Waals surface area (Å²) in [4.78, 5) is 2.50. The number of nitrogens with zero attached hydrogens (tertiary/aromatic N) is 1. The number of hydrogen-bond acceptors (Lipinski definition) is 5. The molecule has 2 aliphatic rings. The van der Waals surface area contributed by atoms with Crippen molar-refractivity contribution in [1.82, 2.24) is 4.90 Å². The van der Waals surface area contributed by atoms with Gasteiger partial charge in [0.05, 0.1) is 0 Å². The van der Waals surface area contributed by atoms with Crippen molar-refractivity contribution in [3.8, 4) is 23.0 Å². The van der Waals surface area contributed by atoms with Crippen LogP contribution in [-0.2, 0) is 0 Å². The van der Waals surface area contributed by atoms with Crippen LogP contribution in [0.25, 0.3) is 11.1 Å². The number of benzene rings is 3. The Morgan fingerprint density at radius 1 is 1.03 bits per heavy atom. The van der Waals surface area contributed by atoms with Gasteiger partial charge in [0.15, 0.2) is 0 Å². The highest BCUT2D eigenvalue weighted by Crippen LogP contribution is 2.47. The van der Waals surface area contributed by atoms with Crippen LogP contribution in [0.15, 0.2) is 66.7 Å². The molecule has 5 heteroatoms. The molecular formula is C30H33NO4. The molecule has 0 aromatic heterocycles. The molecule has 5 rings (SSSR count). The SMILES string of the molecule is CC1=C(c2cccc(O)c2)C(c2ccc(OCC(C)N3CCC(C)C3)cc2)Oc2cc(O)ccc21. The second kappa shape index (κ2) is 9.67. The van der Waals surface area contributed by atoms with Gasteiger partial charge in [-0.25, -0.2) is 0 Å². The summed E-state index contributed by atoms with van der Waals surface area (Å²) in [6.45, 7) is 9.53. The minimum Gasteiger partial charge on any atom is -0.508 e. The van der Waals surface area contributed by atoms with E-state index in [0.29, 0.717) is 18.4 Å². The molecule has 2 heterocycles. The highest BCUT2D eigenvalue weighted by Gasteiger charge is 2.30. The predicted octanol–water partition coefficient (Wildman–Crippen LogP) is 6.27. The smallest absolute Gasteiger partial charge is 0.150 e. The molecule has 5 nitrogen and oxygen atoms in total. The fourth-order valence-corrected chi connectivity index (χ4v) is 5.15. The molecule has 0 bridgehead atoms. The van der Waals surface area contributed by atoms with E-state index in [1.807, 2.05) is 42.5 Å². The topological polar surface area (TPSA) is 62.2 Å². The number of fused-ring (bicyclic) bond motifs is 1. The van der Waals surface area contributed by atoms with E-state index >= 15 is 0 Å². The Labute approximate surface area is 207 Å². The third kappa shape index (κ3) is 4.87. The van der Waals surface area contributed by atoms with E-state index in [-0.39, 0.29) is 17.6 Å². The second-order valence-corrected chi connectivity index (χ2v) is 9.89. The van der Waals surface area contributed by atoms with Gasteiger partial charge in [-0.05, 0) is 85.8 Å². The Morgan fingerprint density at radius 2 is 1.80 bits per heavy atom. The van der Waals surface area contributed by atoms with Gasteiger partial charge in [-0.15, -0.1) is 0 Å². The van der Waals surface area contributed by atoms with Crippen molar-refractivity contribution in [2.45, 2.75) is 39.3 Å². The Bertz CT molecular complexity index is 1230. The van der Waals surface area contributed by atoms with Gasteiger partial charge in [-0.2, -0.15) is 0 Å². The zero-order valence-corrected chi connectivity index (χ0v) is 20.6. The lowest BCUT2D eigenvalue weighted by Crippen LogP contribution is -2.35. The molecule has 3 aromatic carbocycles. The van der Waals surface area contributed by atoms with Crippen molar-refractivity contribution < 1.29 is 19.7 Å². The maximum absolute atomic E-state index is 10.1. The van der Waals surface area contributed by atoms with E-state index < -0.39 is 0 Å². The fourth-order valence-electron chi connectivity index (χ4n) is 5.15. The van der Waals surface area contributed by atoms with Crippen LogP contribution in [0.5, 0.6) is 23.0 Å². The predicted molar refractivity (Wildman–Crippen MR) is 139 cm³/mol. The normalized spacial score (nSPS) is 20.9. The van der Waals surface area contributed by atoms with Crippen LogP contribution in [0.1, 0.15) is 50.0 Å². The van der Waals surface area contributed by atoms with E-state index in [4.69, 9.17) is 9.47 Å². The molecule has 0 radical (unpaired) electrons. The molecular weight excluding hydrogens is 438 g/mol. The Morgan fingerprint density at radius 3 is 2.51 bits per heavy atom. The van der Waals surface area contributed by atoms with Gasteiger partial charge in [0.2, 0.25) is 0 Å². The maximum atomic E-state index is 10.1. The van der Waals surface area contributed by atoms with Gasteiger partial charge in [-0.3, -0.25) is 4.90 Å². The minimum absolute atomic E-state index is 0.168. The lowest BCUT2D eigenvalue weighted by Gasteiger charge is -2.31. The number of allylic oxidation sites excluding steroid dienone is 1. The van der Waals surface area contributed by atoms with Crippen LogP contribution in [-0.4, -0.2) is 40.9 Å². The average molecular weight is 472 g/mol. The molecule has 1 saturated heterocycles. The number of phenols is 2. The number of aromatic hydroxyl groups is 2. The summed E-state index contributed by atoms with van der Waals surface area (Å²) < 4.78 is 12.6. The molecule has 2 N–H and O–H groups in total. The van der Waals surface area contributed by atoms with E-state index in [2.05, 4.69) is 25.7 Å². The molecule has 0 spiro atoms. The summed E-state index contributed by atoms with van der Waals surface area (Å²) in [7, 11) is 0. The summed E-state index contributed by atoms with van der Waals surface area (Å²) >= 11 is 0. The van der Waals surface area contributed by atoms with Crippen LogP contribution in [0.3, 0.4) is 0 Å². The van der Waals surface area contributed by atoms with Crippen molar-refractivity contribution >= 4 is 11.1 Å². The lowest BCUT2D eigenvalue weighted by molar-refractivity contribution is 0.169. The van der Waals surface area contributed by atoms with E-state index in [0.717, 1.165) is 52.6 Å². The third-order valence-electron chi connectivity index (χ3n) is 7.19. The molecule has 0 amide bonds. The summed E-state index contributed by atoms with van der Waals surface area (Å²) in [5, 5.41) is 20.2. The number of hydrogen-bond donors (Lipinski definition) is 2. The van der Waals surface area contributed by atoms with Gasteiger partial charge in [-0.1, -0.05) is 31.2 Å². The summed E-state index contributed by atoms with van der Waals surface area (Å²) in [5.74, 6) is 2.62. The number of rotatable bonds is 6. The molecule has 35 heavy (non-hydrogen) atoms. The molecule has 3 atom stereocenters. The number of ether oxygens (including phenoxy) is 2.